The van der Waals surface area contributed by atoms with Crippen LogP contribution in [0.1, 0.15) is 31.2 Å². The lowest BCUT2D eigenvalue weighted by Gasteiger charge is -2.28. The van der Waals surface area contributed by atoms with Crippen LogP contribution in [0.2, 0.25) is 0 Å². The van der Waals surface area contributed by atoms with Crippen LogP contribution in [0.3, 0.4) is 0 Å². The predicted molar refractivity (Wildman–Crippen MR) is 89.7 cm³/mol. The van der Waals surface area contributed by atoms with E-state index in [1.165, 1.54) is 24.9 Å². The highest BCUT2D eigenvalue weighted by atomic mass is 16.5. The average molecular weight is 327 g/mol. The maximum atomic E-state index is 11.5. The quantitative estimate of drug-likeness (QED) is 0.937. The fourth-order valence-corrected chi connectivity index (χ4v) is 3.30. The van der Waals surface area contributed by atoms with Gasteiger partial charge in [0, 0.05) is 37.9 Å². The van der Waals surface area contributed by atoms with Gasteiger partial charge in [0.05, 0.1) is 0 Å². The van der Waals surface area contributed by atoms with Gasteiger partial charge < -0.3 is 19.6 Å². The lowest BCUT2D eigenvalue weighted by molar-refractivity contribution is 0.207. The predicted octanol–water partition coefficient (Wildman–Crippen LogP) is 2.42. The Morgan fingerprint density at radius 3 is 2.58 bits per heavy atom. The topological polar surface area (TPSA) is 74.5 Å². The van der Waals surface area contributed by atoms with E-state index < -0.39 is 0 Å². The molecular formula is C17H21N5O2. The van der Waals surface area contributed by atoms with E-state index in [-0.39, 0.29) is 12.1 Å². The first-order valence-electron chi connectivity index (χ1n) is 8.42. The van der Waals surface area contributed by atoms with Crippen molar-refractivity contribution in [3.05, 3.63) is 30.2 Å². The molecule has 1 aromatic carbocycles. The molecule has 1 N–H and O–H groups in total. The molecule has 0 spiro atoms. The van der Waals surface area contributed by atoms with E-state index in [9.17, 15) is 4.79 Å². The van der Waals surface area contributed by atoms with E-state index >= 15 is 0 Å². The van der Waals surface area contributed by atoms with Gasteiger partial charge in [-0.3, -0.25) is 0 Å². The zero-order valence-electron chi connectivity index (χ0n) is 13.7. The molecule has 2 aromatic rings. The minimum atomic E-state index is -0.202. The second-order valence-electron chi connectivity index (χ2n) is 6.36. The van der Waals surface area contributed by atoms with Crippen molar-refractivity contribution in [3.63, 3.8) is 0 Å². The first kappa shape index (κ1) is 15.0. The molecule has 2 saturated heterocycles. The molecule has 126 valence electrons. The number of carbonyl (C=O) groups is 1. The number of hydrogen-bond donors (Lipinski definition) is 1. The van der Waals surface area contributed by atoms with Crippen LogP contribution < -0.4 is 10.2 Å². The highest BCUT2D eigenvalue weighted by molar-refractivity contribution is 5.76. The number of rotatable bonds is 3. The summed E-state index contributed by atoms with van der Waals surface area (Å²) in [5.74, 6) is 1.02. The summed E-state index contributed by atoms with van der Waals surface area (Å²) < 4.78 is 5.36. The minimum absolute atomic E-state index is 0.120. The van der Waals surface area contributed by atoms with E-state index in [0.717, 1.165) is 18.7 Å². The summed E-state index contributed by atoms with van der Waals surface area (Å²) in [6, 6.07) is 7.96. The molecule has 1 aromatic heterocycles. The van der Waals surface area contributed by atoms with Crippen LogP contribution in [0.5, 0.6) is 0 Å². The summed E-state index contributed by atoms with van der Waals surface area (Å²) in [6.45, 7) is 2.74. The first-order valence-corrected chi connectivity index (χ1v) is 8.42. The van der Waals surface area contributed by atoms with Crippen LogP contribution in [0.4, 0.5) is 10.5 Å². The number of nitrogens with zero attached hydrogens (tertiary/aromatic N) is 4. The number of hydrogen-bond acceptors (Lipinski definition) is 5. The fraction of sp³-hybridized carbons (Fsp3) is 0.471. The van der Waals surface area contributed by atoms with Gasteiger partial charge in [0.25, 0.3) is 5.89 Å². The number of nitrogens with one attached hydrogen (secondary N) is 1. The number of piperidine rings is 1. The van der Waals surface area contributed by atoms with Crippen molar-refractivity contribution in [2.75, 3.05) is 31.6 Å². The number of amides is 2. The lowest BCUT2D eigenvalue weighted by atomic mass is 10.1. The second kappa shape index (κ2) is 6.14. The number of urea groups is 1. The Bertz CT molecular complexity index is 721. The molecule has 0 saturated carbocycles. The Kier molecular flexibility index (Phi) is 3.84. The van der Waals surface area contributed by atoms with Gasteiger partial charge in [-0.2, -0.15) is 4.98 Å². The third-order valence-corrected chi connectivity index (χ3v) is 4.81. The molecule has 2 fully saturated rings. The molecule has 3 heterocycles. The van der Waals surface area contributed by atoms with Crippen LogP contribution in [0.25, 0.3) is 11.4 Å². The molecule has 1 atom stereocenters. The van der Waals surface area contributed by atoms with Crippen molar-refractivity contribution in [1.29, 1.82) is 0 Å². The van der Waals surface area contributed by atoms with Crippen molar-refractivity contribution in [3.8, 4) is 11.4 Å². The van der Waals surface area contributed by atoms with Crippen molar-refractivity contribution in [2.24, 2.45) is 0 Å². The Balaban J connectivity index is 1.51. The summed E-state index contributed by atoms with van der Waals surface area (Å²) in [4.78, 5) is 20.0. The summed E-state index contributed by atoms with van der Waals surface area (Å²) in [7, 11) is 1.73. The molecule has 7 heteroatoms. The molecule has 4 rings (SSSR count). The van der Waals surface area contributed by atoms with Crippen molar-refractivity contribution >= 4 is 11.7 Å². The third kappa shape index (κ3) is 2.70. The smallest absolute Gasteiger partial charge is 0.317 e. The molecule has 2 aliphatic rings. The van der Waals surface area contributed by atoms with Crippen LogP contribution in [0, 0.1) is 0 Å². The van der Waals surface area contributed by atoms with Crippen LogP contribution in [0.15, 0.2) is 28.8 Å². The van der Waals surface area contributed by atoms with E-state index in [1.54, 1.807) is 11.9 Å². The van der Waals surface area contributed by atoms with Crippen LogP contribution >= 0.6 is 0 Å². The molecule has 24 heavy (non-hydrogen) atoms. The van der Waals surface area contributed by atoms with E-state index in [4.69, 9.17) is 4.52 Å². The molecule has 2 amide bonds. The van der Waals surface area contributed by atoms with Gasteiger partial charge in [0.1, 0.15) is 6.04 Å². The molecule has 2 aliphatic heterocycles. The molecule has 0 aliphatic carbocycles. The lowest BCUT2D eigenvalue weighted by Crippen LogP contribution is -2.29. The highest BCUT2D eigenvalue weighted by Gasteiger charge is 2.33. The number of anilines is 1. The molecule has 7 nitrogen and oxygen atoms in total. The normalized spacial score (nSPS) is 21.2. The summed E-state index contributed by atoms with van der Waals surface area (Å²) >= 11 is 0. The first-order chi connectivity index (χ1) is 11.7. The largest absolute Gasteiger partial charge is 0.372 e. The Morgan fingerprint density at radius 2 is 1.92 bits per heavy atom. The van der Waals surface area contributed by atoms with Crippen LogP contribution in [-0.4, -0.2) is 47.8 Å². The summed E-state index contributed by atoms with van der Waals surface area (Å²) in [5, 5.41) is 6.83. The standard InChI is InChI=1S/C17H21N5O2/c1-21-14(11-18-17(21)23)16-19-15(20-24-16)12-5-7-13(8-6-12)22-9-3-2-4-10-22/h5-8,14H,2-4,9-11H2,1H3,(H,18,23). The number of aromatic nitrogens is 2. The van der Waals surface area contributed by atoms with E-state index in [1.807, 2.05) is 12.1 Å². The second-order valence-corrected chi connectivity index (χ2v) is 6.36. The molecule has 0 bridgehead atoms. The van der Waals surface area contributed by atoms with Gasteiger partial charge >= 0.3 is 6.03 Å². The Labute approximate surface area is 140 Å². The van der Waals surface area contributed by atoms with Gasteiger partial charge in [-0.05, 0) is 43.5 Å². The summed E-state index contributed by atoms with van der Waals surface area (Å²) in [6.07, 6.45) is 3.85. The SMILES string of the molecule is CN1C(=O)NCC1c1nc(-c2ccc(N3CCCCC3)cc2)no1. The van der Waals surface area contributed by atoms with Crippen molar-refractivity contribution in [1.82, 2.24) is 20.4 Å². The Morgan fingerprint density at radius 1 is 1.17 bits per heavy atom. The van der Waals surface area contributed by atoms with Crippen molar-refractivity contribution in [2.45, 2.75) is 25.3 Å². The van der Waals surface area contributed by atoms with E-state index in [0.29, 0.717) is 18.3 Å². The maximum absolute atomic E-state index is 11.5. The van der Waals surface area contributed by atoms with E-state index in [2.05, 4.69) is 32.5 Å². The molecule has 1 unspecified atom stereocenters. The van der Waals surface area contributed by atoms with Gasteiger partial charge in [0.2, 0.25) is 5.82 Å². The number of likely N-dealkylation sites (N-methyl/N-ethyl adjacent to an activating group) is 1. The van der Waals surface area contributed by atoms with Crippen LogP contribution in [-0.2, 0) is 0 Å². The Hall–Kier alpha value is -2.57. The third-order valence-electron chi connectivity index (χ3n) is 4.81. The van der Waals surface area contributed by atoms with Gasteiger partial charge in [-0.1, -0.05) is 5.16 Å². The average Bonchev–Trinajstić information content (AvgIpc) is 3.24. The number of benzene rings is 1. The zero-order chi connectivity index (χ0) is 16.5. The van der Waals surface area contributed by atoms with Crippen molar-refractivity contribution < 1.29 is 9.32 Å². The monoisotopic (exact) mass is 327 g/mol. The summed E-state index contributed by atoms with van der Waals surface area (Å²) in [5.41, 5.74) is 2.16. The fourth-order valence-electron chi connectivity index (χ4n) is 3.30. The zero-order valence-corrected chi connectivity index (χ0v) is 13.7. The maximum Gasteiger partial charge on any atom is 0.317 e. The molecular weight excluding hydrogens is 306 g/mol. The van der Waals surface area contributed by atoms with Gasteiger partial charge in [-0.25, -0.2) is 4.79 Å². The number of carbonyl (C=O) groups excluding carboxylic acids is 1. The van der Waals surface area contributed by atoms with Gasteiger partial charge in [0.15, 0.2) is 0 Å². The highest BCUT2D eigenvalue weighted by Crippen LogP contribution is 2.26. The minimum Gasteiger partial charge on any atom is -0.372 e. The molecule has 0 radical (unpaired) electrons. The van der Waals surface area contributed by atoms with Gasteiger partial charge in [-0.15, -0.1) is 0 Å².